The number of H-pyrrole nitrogens is 1. The van der Waals surface area contributed by atoms with Crippen LogP contribution < -0.4 is 21.9 Å². The summed E-state index contributed by atoms with van der Waals surface area (Å²) < 4.78 is 6.45. The molecule has 2 heterocycles. The number of nitrogens with zero attached hydrogens (tertiary/aromatic N) is 3. The van der Waals surface area contributed by atoms with Crippen molar-refractivity contribution in [2.75, 3.05) is 44.0 Å². The first-order valence-corrected chi connectivity index (χ1v) is 12.1. The van der Waals surface area contributed by atoms with E-state index < -0.39 is 17.2 Å². The third-order valence-electron chi connectivity index (χ3n) is 6.15. The molecule has 11 heteroatoms. The van der Waals surface area contributed by atoms with E-state index in [4.69, 9.17) is 22.1 Å². The van der Waals surface area contributed by atoms with Crippen molar-refractivity contribution in [3.63, 3.8) is 0 Å². The Morgan fingerprint density at radius 3 is 2.63 bits per heavy atom. The summed E-state index contributed by atoms with van der Waals surface area (Å²) in [7, 11) is 1.49. The number of carbonyl (C=O) groups is 2. The predicted molar refractivity (Wildman–Crippen MR) is 135 cm³/mol. The zero-order valence-electron chi connectivity index (χ0n) is 20.1. The number of unbranched alkanes of at least 4 members (excludes halogenated alkanes) is 1. The fourth-order valence-corrected chi connectivity index (χ4v) is 4.38. The van der Waals surface area contributed by atoms with E-state index in [1.165, 1.54) is 16.6 Å². The Morgan fingerprint density at radius 2 is 1.97 bits per heavy atom. The number of nitrogens with one attached hydrogen (secondary N) is 1. The molecule has 0 spiro atoms. The molecule has 0 saturated carbocycles. The number of carbonyl (C=O) groups excluding carboxylic acids is 2. The monoisotopic (exact) mass is 505 g/mol. The maximum Gasteiger partial charge on any atom is 0.330 e. The van der Waals surface area contributed by atoms with Crippen molar-refractivity contribution in [1.82, 2.24) is 14.5 Å². The van der Waals surface area contributed by atoms with E-state index in [2.05, 4.69) is 4.98 Å². The molecule has 1 aliphatic heterocycles. The van der Waals surface area contributed by atoms with Crippen molar-refractivity contribution >= 4 is 34.9 Å². The smallest absolute Gasteiger partial charge is 0.330 e. The van der Waals surface area contributed by atoms with E-state index in [-0.39, 0.29) is 43.0 Å². The Hall–Kier alpha value is -3.11. The van der Waals surface area contributed by atoms with Crippen LogP contribution in [0.3, 0.4) is 0 Å². The molecule has 0 unspecified atom stereocenters. The molecule has 3 rings (SSSR count). The number of aromatic amines is 1. The number of nitrogen functional groups attached to an aromatic ring is 1. The standard InChI is InChI=1S/C24H32ClN5O5/c1-3-4-12-30-20(26)19(21(31)27-24(30)34)29(13-14-35-2)23(33)17-6-5-11-28(15-17)22(32)16-7-9-18(25)10-8-16/h7-10,17H,3-6,11-15,26H2,1-2H3,(H,27,31,34)/t17-/m1/s1. The summed E-state index contributed by atoms with van der Waals surface area (Å²) in [5.41, 5.74) is 5.35. The number of aromatic nitrogens is 2. The summed E-state index contributed by atoms with van der Waals surface area (Å²) in [5.74, 6) is -1.12. The molecule has 2 amide bonds. The van der Waals surface area contributed by atoms with E-state index in [9.17, 15) is 19.2 Å². The number of nitrogens with two attached hydrogens (primary N) is 1. The van der Waals surface area contributed by atoms with Crippen LogP contribution in [-0.2, 0) is 16.1 Å². The molecule has 1 aromatic carbocycles. The minimum atomic E-state index is -0.727. The van der Waals surface area contributed by atoms with Gasteiger partial charge in [0, 0.05) is 43.9 Å². The summed E-state index contributed by atoms with van der Waals surface area (Å²) in [6, 6.07) is 6.61. The van der Waals surface area contributed by atoms with E-state index >= 15 is 0 Å². The van der Waals surface area contributed by atoms with Gasteiger partial charge in [-0.25, -0.2) is 4.79 Å². The molecule has 3 N–H and O–H groups in total. The molecule has 0 aliphatic carbocycles. The fourth-order valence-electron chi connectivity index (χ4n) is 4.25. The average Bonchev–Trinajstić information content (AvgIpc) is 2.85. The summed E-state index contributed by atoms with van der Waals surface area (Å²) in [4.78, 5) is 57.1. The Bertz CT molecular complexity index is 1160. The van der Waals surface area contributed by atoms with Crippen LogP contribution in [0.15, 0.2) is 33.9 Å². The van der Waals surface area contributed by atoms with Gasteiger partial charge in [-0.2, -0.15) is 0 Å². The van der Waals surface area contributed by atoms with E-state index in [0.29, 0.717) is 42.9 Å². The quantitative estimate of drug-likeness (QED) is 0.536. The number of amides is 2. The van der Waals surface area contributed by atoms with Gasteiger partial charge in [0.25, 0.3) is 11.5 Å². The van der Waals surface area contributed by atoms with Gasteiger partial charge in [0.05, 0.1) is 12.5 Å². The summed E-state index contributed by atoms with van der Waals surface area (Å²) in [5, 5.41) is 0.533. The number of likely N-dealkylation sites (tertiary alicyclic amines) is 1. The predicted octanol–water partition coefficient (Wildman–Crippen LogP) is 2.10. The lowest BCUT2D eigenvalue weighted by atomic mass is 9.95. The Labute approximate surface area is 208 Å². The zero-order chi connectivity index (χ0) is 25.5. The Balaban J connectivity index is 1.90. The van der Waals surface area contributed by atoms with E-state index in [1.807, 2.05) is 6.92 Å². The number of halogens is 1. The molecule has 1 atom stereocenters. The van der Waals surface area contributed by atoms with Gasteiger partial charge in [-0.05, 0) is 43.5 Å². The van der Waals surface area contributed by atoms with Crippen LogP contribution in [0.4, 0.5) is 11.5 Å². The van der Waals surface area contributed by atoms with Gasteiger partial charge in [-0.3, -0.25) is 23.9 Å². The number of benzene rings is 1. The second-order valence-corrected chi connectivity index (χ2v) is 9.01. The first-order chi connectivity index (χ1) is 16.8. The van der Waals surface area contributed by atoms with Crippen LogP contribution in [0.5, 0.6) is 0 Å². The lowest BCUT2D eigenvalue weighted by Gasteiger charge is -2.35. The van der Waals surface area contributed by atoms with Crippen LogP contribution in [-0.4, -0.2) is 59.6 Å². The number of hydrogen-bond donors (Lipinski definition) is 2. The topological polar surface area (TPSA) is 131 Å². The minimum Gasteiger partial charge on any atom is -0.383 e. The third-order valence-corrected chi connectivity index (χ3v) is 6.41. The molecule has 1 saturated heterocycles. The Kier molecular flexibility index (Phi) is 9.11. The number of ether oxygens (including phenoxy) is 1. The van der Waals surface area contributed by atoms with Crippen molar-refractivity contribution in [3.05, 3.63) is 55.7 Å². The van der Waals surface area contributed by atoms with Gasteiger partial charge in [-0.15, -0.1) is 0 Å². The van der Waals surface area contributed by atoms with Gasteiger partial charge in [-0.1, -0.05) is 24.9 Å². The number of methoxy groups -OCH3 is 1. The number of hydrogen-bond acceptors (Lipinski definition) is 6. The van der Waals surface area contributed by atoms with Gasteiger partial charge in [0.1, 0.15) is 5.82 Å². The number of rotatable bonds is 9. The lowest BCUT2D eigenvalue weighted by molar-refractivity contribution is -0.123. The molecule has 0 radical (unpaired) electrons. The van der Waals surface area contributed by atoms with Crippen LogP contribution in [0.2, 0.25) is 5.02 Å². The van der Waals surface area contributed by atoms with Crippen LogP contribution in [0, 0.1) is 5.92 Å². The van der Waals surface area contributed by atoms with E-state index in [0.717, 1.165) is 6.42 Å². The van der Waals surface area contributed by atoms with Crippen molar-refractivity contribution in [1.29, 1.82) is 0 Å². The molecular weight excluding hydrogens is 474 g/mol. The maximum atomic E-state index is 13.7. The molecule has 2 aromatic rings. The zero-order valence-corrected chi connectivity index (χ0v) is 20.8. The van der Waals surface area contributed by atoms with Crippen molar-refractivity contribution in [3.8, 4) is 0 Å². The first-order valence-electron chi connectivity index (χ1n) is 11.8. The molecular formula is C24H32ClN5O5. The summed E-state index contributed by atoms with van der Waals surface area (Å²) >= 11 is 5.93. The lowest BCUT2D eigenvalue weighted by Crippen LogP contribution is -2.49. The van der Waals surface area contributed by atoms with Gasteiger partial charge in [0.15, 0.2) is 5.69 Å². The molecule has 1 aromatic heterocycles. The highest BCUT2D eigenvalue weighted by molar-refractivity contribution is 6.30. The van der Waals surface area contributed by atoms with Crippen molar-refractivity contribution in [2.24, 2.45) is 5.92 Å². The van der Waals surface area contributed by atoms with Gasteiger partial charge < -0.3 is 20.3 Å². The fraction of sp³-hybridized carbons (Fsp3) is 0.500. The first kappa shape index (κ1) is 26.5. The molecule has 190 valence electrons. The number of anilines is 2. The second-order valence-electron chi connectivity index (χ2n) is 8.58. The Morgan fingerprint density at radius 1 is 1.26 bits per heavy atom. The normalized spacial score (nSPS) is 15.7. The summed E-state index contributed by atoms with van der Waals surface area (Å²) in [6.07, 6.45) is 2.70. The van der Waals surface area contributed by atoms with Crippen LogP contribution in [0.25, 0.3) is 0 Å². The van der Waals surface area contributed by atoms with E-state index in [1.54, 1.807) is 29.2 Å². The molecule has 0 bridgehead atoms. The SMILES string of the molecule is CCCCn1c(N)c(N(CCOC)C(=O)[C@@H]2CCCN(C(=O)c3ccc(Cl)cc3)C2)c(=O)[nH]c1=O. The highest BCUT2D eigenvalue weighted by atomic mass is 35.5. The average molecular weight is 506 g/mol. The van der Waals surface area contributed by atoms with Gasteiger partial charge >= 0.3 is 5.69 Å². The minimum absolute atomic E-state index is 0.0541. The number of piperidine rings is 1. The highest BCUT2D eigenvalue weighted by Gasteiger charge is 2.34. The van der Waals surface area contributed by atoms with Crippen molar-refractivity contribution < 1.29 is 14.3 Å². The van der Waals surface area contributed by atoms with Crippen LogP contribution in [0.1, 0.15) is 43.0 Å². The van der Waals surface area contributed by atoms with Crippen molar-refractivity contribution in [2.45, 2.75) is 39.2 Å². The molecule has 1 fully saturated rings. The third kappa shape index (κ3) is 6.12. The second kappa shape index (κ2) is 12.0. The summed E-state index contributed by atoms with van der Waals surface area (Å²) in [6.45, 7) is 3.27. The van der Waals surface area contributed by atoms with Gasteiger partial charge in [0.2, 0.25) is 5.91 Å². The molecule has 1 aliphatic rings. The molecule has 10 nitrogen and oxygen atoms in total. The van der Waals surface area contributed by atoms with Crippen LogP contribution >= 0.6 is 11.6 Å². The highest BCUT2D eigenvalue weighted by Crippen LogP contribution is 2.25. The maximum absolute atomic E-state index is 13.7. The molecule has 35 heavy (non-hydrogen) atoms. The largest absolute Gasteiger partial charge is 0.383 e.